The standard InChI is InChI=1S/C29H32F4N2O3/c1-38-22-9-11-27-24(17-22)23(12-14-34-27)26(30)10-6-20-13-16-35(18-25(20)28(36)37)15-2-3-19-4-7-21(8-5-19)29(31,32)33/h4-5,7-9,11-12,14,17,20,25-26H,2-3,6,10,13,15-16,18H2,1H3,(H,36,37)/t20-,25+,26+/m1/s1. The number of aromatic nitrogens is 1. The summed E-state index contributed by atoms with van der Waals surface area (Å²) in [4.78, 5) is 18.4. The molecular weight excluding hydrogens is 500 g/mol. The molecule has 204 valence electrons. The van der Waals surface area contributed by atoms with Gasteiger partial charge in [0.2, 0.25) is 0 Å². The van der Waals surface area contributed by atoms with E-state index in [0.29, 0.717) is 67.5 Å². The molecule has 3 aromatic rings. The number of likely N-dealkylation sites (tertiary alicyclic amines) is 1. The number of ether oxygens (including phenoxy) is 1. The van der Waals surface area contributed by atoms with Crippen molar-refractivity contribution < 1.29 is 32.2 Å². The second kappa shape index (κ2) is 12.1. The van der Waals surface area contributed by atoms with Gasteiger partial charge in [-0.05, 0) is 98.6 Å². The van der Waals surface area contributed by atoms with Crippen LogP contribution in [-0.4, -0.2) is 47.7 Å². The van der Waals surface area contributed by atoms with Crippen molar-refractivity contribution in [1.82, 2.24) is 9.88 Å². The molecule has 0 bridgehead atoms. The highest BCUT2D eigenvalue weighted by Gasteiger charge is 2.34. The number of nitrogens with zero attached hydrogens (tertiary/aromatic N) is 2. The van der Waals surface area contributed by atoms with E-state index in [-0.39, 0.29) is 12.3 Å². The second-order valence-corrected chi connectivity index (χ2v) is 9.92. The Bertz CT molecular complexity index is 1230. The van der Waals surface area contributed by atoms with E-state index in [4.69, 9.17) is 4.74 Å². The van der Waals surface area contributed by atoms with Gasteiger partial charge in [-0.25, -0.2) is 4.39 Å². The quantitative estimate of drug-likeness (QED) is 0.294. The van der Waals surface area contributed by atoms with E-state index in [9.17, 15) is 23.1 Å². The van der Waals surface area contributed by atoms with E-state index >= 15 is 4.39 Å². The van der Waals surface area contributed by atoms with Crippen LogP contribution in [0.25, 0.3) is 10.9 Å². The van der Waals surface area contributed by atoms with E-state index in [0.717, 1.165) is 17.7 Å². The van der Waals surface area contributed by atoms with Gasteiger partial charge in [0.05, 0.1) is 24.1 Å². The number of piperidine rings is 1. The highest BCUT2D eigenvalue weighted by molar-refractivity contribution is 5.83. The SMILES string of the molecule is COc1ccc2nccc([C@@H](F)CC[C@@H]3CCN(CCCc4ccc(C(F)(F)F)cc4)C[C@@H]3C(=O)O)c2c1. The Morgan fingerprint density at radius 3 is 2.63 bits per heavy atom. The number of carboxylic acid groups (broad SMARTS) is 1. The number of aryl methyl sites for hydroxylation is 1. The summed E-state index contributed by atoms with van der Waals surface area (Å²) in [7, 11) is 1.55. The minimum Gasteiger partial charge on any atom is -0.497 e. The maximum absolute atomic E-state index is 15.4. The lowest BCUT2D eigenvalue weighted by Crippen LogP contribution is -2.44. The van der Waals surface area contributed by atoms with Crippen molar-refractivity contribution in [2.45, 2.75) is 44.5 Å². The molecule has 5 nitrogen and oxygen atoms in total. The van der Waals surface area contributed by atoms with Crippen molar-refractivity contribution in [3.8, 4) is 5.75 Å². The highest BCUT2D eigenvalue weighted by Crippen LogP contribution is 2.35. The van der Waals surface area contributed by atoms with Gasteiger partial charge in [0.15, 0.2) is 0 Å². The molecule has 0 aliphatic carbocycles. The molecule has 38 heavy (non-hydrogen) atoms. The number of alkyl halides is 4. The Kier molecular flexibility index (Phi) is 8.87. The number of aliphatic carboxylic acids is 1. The molecule has 1 fully saturated rings. The maximum Gasteiger partial charge on any atom is 0.416 e. The Morgan fingerprint density at radius 2 is 1.95 bits per heavy atom. The van der Waals surface area contributed by atoms with Gasteiger partial charge >= 0.3 is 12.1 Å². The summed E-state index contributed by atoms with van der Waals surface area (Å²) in [6.45, 7) is 1.77. The number of carboxylic acids is 1. The van der Waals surface area contributed by atoms with Gasteiger partial charge in [-0.1, -0.05) is 12.1 Å². The van der Waals surface area contributed by atoms with Crippen molar-refractivity contribution in [3.63, 3.8) is 0 Å². The van der Waals surface area contributed by atoms with Gasteiger partial charge in [-0.15, -0.1) is 0 Å². The van der Waals surface area contributed by atoms with E-state index in [1.54, 1.807) is 37.6 Å². The van der Waals surface area contributed by atoms with Gasteiger partial charge in [-0.3, -0.25) is 9.78 Å². The molecule has 2 aromatic carbocycles. The number of rotatable bonds is 10. The van der Waals surface area contributed by atoms with E-state index < -0.39 is 29.8 Å². The van der Waals surface area contributed by atoms with Crippen LogP contribution in [0.5, 0.6) is 5.75 Å². The van der Waals surface area contributed by atoms with Crippen LogP contribution in [0, 0.1) is 11.8 Å². The lowest BCUT2D eigenvalue weighted by Gasteiger charge is -2.37. The minimum absolute atomic E-state index is 0.125. The molecule has 1 aromatic heterocycles. The normalized spacial score (nSPS) is 19.4. The summed E-state index contributed by atoms with van der Waals surface area (Å²) in [5.41, 5.74) is 1.36. The number of pyridine rings is 1. The number of methoxy groups -OCH3 is 1. The van der Waals surface area contributed by atoms with Crippen LogP contribution >= 0.6 is 0 Å². The third-order valence-corrected chi connectivity index (χ3v) is 7.49. The van der Waals surface area contributed by atoms with Crippen molar-refractivity contribution in [2.75, 3.05) is 26.7 Å². The Balaban J connectivity index is 1.30. The molecule has 9 heteroatoms. The molecule has 0 radical (unpaired) electrons. The van der Waals surface area contributed by atoms with Gasteiger partial charge in [-0.2, -0.15) is 13.2 Å². The van der Waals surface area contributed by atoms with E-state index in [1.807, 2.05) is 0 Å². The molecule has 2 heterocycles. The first-order valence-corrected chi connectivity index (χ1v) is 12.8. The molecule has 0 saturated carbocycles. The molecule has 1 N–H and O–H groups in total. The zero-order valence-corrected chi connectivity index (χ0v) is 21.3. The summed E-state index contributed by atoms with van der Waals surface area (Å²) < 4.78 is 58.9. The van der Waals surface area contributed by atoms with Crippen molar-refractivity contribution >= 4 is 16.9 Å². The fourth-order valence-electron chi connectivity index (χ4n) is 5.33. The summed E-state index contributed by atoms with van der Waals surface area (Å²) in [5, 5.41) is 10.6. The average Bonchev–Trinajstić information content (AvgIpc) is 2.91. The van der Waals surface area contributed by atoms with Crippen LogP contribution in [0.1, 0.15) is 48.5 Å². The molecule has 1 saturated heterocycles. The van der Waals surface area contributed by atoms with Crippen LogP contribution in [0.2, 0.25) is 0 Å². The van der Waals surface area contributed by atoms with Crippen LogP contribution in [0.3, 0.4) is 0 Å². The van der Waals surface area contributed by atoms with Crippen molar-refractivity contribution in [1.29, 1.82) is 0 Å². The monoisotopic (exact) mass is 532 g/mol. The topological polar surface area (TPSA) is 62.7 Å². The van der Waals surface area contributed by atoms with Crippen LogP contribution in [0.4, 0.5) is 17.6 Å². The summed E-state index contributed by atoms with van der Waals surface area (Å²) in [6, 6.07) is 12.2. The first-order valence-electron chi connectivity index (χ1n) is 12.8. The Morgan fingerprint density at radius 1 is 1.18 bits per heavy atom. The number of halogens is 4. The number of hydrogen-bond donors (Lipinski definition) is 1. The van der Waals surface area contributed by atoms with E-state index in [2.05, 4.69) is 9.88 Å². The first-order chi connectivity index (χ1) is 18.2. The Labute approximate surface area is 219 Å². The molecule has 1 aliphatic rings. The fourth-order valence-corrected chi connectivity index (χ4v) is 5.33. The summed E-state index contributed by atoms with van der Waals surface area (Å²) in [5.74, 6) is -0.969. The highest BCUT2D eigenvalue weighted by atomic mass is 19.4. The minimum atomic E-state index is -4.35. The predicted molar refractivity (Wildman–Crippen MR) is 137 cm³/mol. The smallest absolute Gasteiger partial charge is 0.416 e. The van der Waals surface area contributed by atoms with Gasteiger partial charge in [0, 0.05) is 18.1 Å². The molecule has 4 rings (SSSR count). The molecule has 1 aliphatic heterocycles. The lowest BCUT2D eigenvalue weighted by molar-refractivity contribution is -0.146. The zero-order valence-electron chi connectivity index (χ0n) is 21.3. The lowest BCUT2D eigenvalue weighted by atomic mass is 9.81. The zero-order chi connectivity index (χ0) is 27.3. The van der Waals surface area contributed by atoms with Crippen LogP contribution < -0.4 is 4.74 Å². The van der Waals surface area contributed by atoms with Gasteiger partial charge < -0.3 is 14.7 Å². The van der Waals surface area contributed by atoms with E-state index in [1.165, 1.54) is 12.1 Å². The second-order valence-electron chi connectivity index (χ2n) is 9.92. The third-order valence-electron chi connectivity index (χ3n) is 7.49. The Hall–Kier alpha value is -3.20. The maximum atomic E-state index is 15.4. The molecule has 0 spiro atoms. The third kappa shape index (κ3) is 6.81. The molecule has 3 atom stereocenters. The van der Waals surface area contributed by atoms with Crippen LogP contribution in [0.15, 0.2) is 54.7 Å². The average molecular weight is 533 g/mol. The molecule has 0 unspecified atom stereocenters. The number of hydrogen-bond acceptors (Lipinski definition) is 4. The summed E-state index contributed by atoms with van der Waals surface area (Å²) in [6.07, 6.45) is -1.34. The number of carbonyl (C=O) groups is 1. The largest absolute Gasteiger partial charge is 0.497 e. The fraction of sp³-hybridized carbons (Fsp3) is 0.448. The number of fused-ring (bicyclic) bond motifs is 1. The molecule has 0 amide bonds. The van der Waals surface area contributed by atoms with Crippen molar-refractivity contribution in [3.05, 3.63) is 71.4 Å². The molecular formula is C29H32F4N2O3. The number of benzene rings is 2. The van der Waals surface area contributed by atoms with Gasteiger partial charge in [0.25, 0.3) is 0 Å². The van der Waals surface area contributed by atoms with Gasteiger partial charge in [0.1, 0.15) is 11.9 Å². The van der Waals surface area contributed by atoms with Crippen molar-refractivity contribution in [2.24, 2.45) is 11.8 Å². The first kappa shape index (κ1) is 27.8. The summed E-state index contributed by atoms with van der Waals surface area (Å²) >= 11 is 0. The predicted octanol–water partition coefficient (Wildman–Crippen LogP) is 6.71. The van der Waals surface area contributed by atoms with Crippen LogP contribution in [-0.2, 0) is 17.4 Å².